The van der Waals surface area contributed by atoms with Crippen LogP contribution in [-0.2, 0) is 11.0 Å². The zero-order chi connectivity index (χ0) is 10.4. The largest absolute Gasteiger partial charge is 1.00 e. The third kappa shape index (κ3) is 6.95. The van der Waals surface area contributed by atoms with Crippen molar-refractivity contribution in [1.82, 2.24) is 0 Å². The van der Waals surface area contributed by atoms with Gasteiger partial charge in [0.1, 0.15) is 0 Å². The van der Waals surface area contributed by atoms with Gasteiger partial charge in [0.15, 0.2) is 0 Å². The molecule has 0 unspecified atom stereocenters. The molecule has 0 aromatic carbocycles. The minimum absolute atomic E-state index is 0. The molecule has 2 aliphatic carbocycles. The van der Waals surface area contributed by atoms with E-state index >= 15 is 0 Å². The molecule has 2 rings (SSSR count). The molecule has 0 amide bonds. The summed E-state index contributed by atoms with van der Waals surface area (Å²) in [6, 6.07) is 16.7. The summed E-state index contributed by atoms with van der Waals surface area (Å²) in [6.07, 6.45) is 0. The molecule has 0 bridgehead atoms. The summed E-state index contributed by atoms with van der Waals surface area (Å²) in [5.41, 5.74) is 2.62. The first kappa shape index (κ1) is 17.9. The first-order chi connectivity index (χ1) is 6.70. The molecule has 0 saturated heterocycles. The van der Waals surface area contributed by atoms with Crippen molar-refractivity contribution < 1.29 is 48.0 Å². The Morgan fingerprint density at radius 1 is 0.812 bits per heavy atom. The Balaban J connectivity index is 0. The van der Waals surface area contributed by atoms with E-state index < -0.39 is 11.0 Å². The van der Waals surface area contributed by atoms with Crippen LogP contribution in [0.4, 0.5) is 0 Å². The zero-order valence-corrected chi connectivity index (χ0v) is 11.7. The van der Waals surface area contributed by atoms with Gasteiger partial charge >= 0.3 is 29.6 Å². The predicted octanol–water partition coefficient (Wildman–Crippen LogP) is -2.30. The Hall–Kier alpha value is -0.430. The fraction of sp³-hybridized carbons (Fsp3) is 0. The molecule has 0 spiro atoms. The molecule has 0 fully saturated rings. The Labute approximate surface area is 118 Å². The van der Waals surface area contributed by atoms with Crippen molar-refractivity contribution in [3.63, 3.8) is 0 Å². The van der Waals surface area contributed by atoms with Crippen LogP contribution >= 0.6 is 0 Å². The topological polar surface area (TPSA) is 88.7 Å². The summed E-state index contributed by atoms with van der Waals surface area (Å²) < 4.78 is 25.4. The monoisotopic (exact) mass is 250 g/mol. The molecule has 0 aromatic rings. The van der Waals surface area contributed by atoms with Gasteiger partial charge in [0.05, 0.1) is 11.0 Å². The fourth-order valence-corrected chi connectivity index (χ4v) is 1.13. The Bertz CT molecular complexity index is 409. The smallest absolute Gasteiger partial charge is 0.750 e. The van der Waals surface area contributed by atoms with Gasteiger partial charge in [-0.15, -0.1) is 0 Å². The molecule has 0 aliphatic heterocycles. The van der Waals surface area contributed by atoms with Crippen LogP contribution < -0.4 is 29.6 Å². The first-order valence-corrected chi connectivity index (χ1v) is 5.05. The van der Waals surface area contributed by atoms with Crippen LogP contribution in [0.1, 0.15) is 0 Å². The van der Waals surface area contributed by atoms with E-state index in [-0.39, 0.29) is 35.0 Å². The minimum atomic E-state index is -3.37. The van der Waals surface area contributed by atoms with Crippen LogP contribution in [0.2, 0.25) is 0 Å². The van der Waals surface area contributed by atoms with Gasteiger partial charge in [-0.3, -0.25) is 0 Å². The third-order valence-electron chi connectivity index (χ3n) is 1.66. The van der Waals surface area contributed by atoms with E-state index in [0.717, 1.165) is 0 Å². The van der Waals surface area contributed by atoms with Crippen molar-refractivity contribution >= 4 is 11.0 Å². The molecule has 82 valence electrons. The molecule has 2 aliphatic rings. The standard InChI is InChI=1S/C10H8.Na.H2O3S.H2O/c1-2-5-9-7-4-8-10(9)6-3-1;;1-4(2)3;/h1-8H;;4H,(H,1,2,3);1H2/q;+1;;/p-1. The van der Waals surface area contributed by atoms with Gasteiger partial charge in [0.2, 0.25) is 0 Å². The maximum atomic E-state index is 8.48. The first-order valence-electron chi connectivity index (χ1n) is 3.95. The summed E-state index contributed by atoms with van der Waals surface area (Å²) in [7, 11) is -3.37. The average molecular weight is 250 g/mol. The van der Waals surface area contributed by atoms with E-state index in [1.165, 1.54) is 11.1 Å². The summed E-state index contributed by atoms with van der Waals surface area (Å²) in [4.78, 5) is 0. The van der Waals surface area contributed by atoms with Crippen LogP contribution in [-0.4, -0.2) is 18.4 Å². The quantitative estimate of drug-likeness (QED) is 0.324. The third-order valence-corrected chi connectivity index (χ3v) is 1.66. The number of rotatable bonds is 0. The second kappa shape index (κ2) is 9.77. The number of thiol groups is 1. The van der Waals surface area contributed by atoms with Crippen molar-refractivity contribution in [1.29, 1.82) is 0 Å². The minimum Gasteiger partial charge on any atom is -0.750 e. The molecule has 16 heavy (non-hydrogen) atoms. The van der Waals surface area contributed by atoms with E-state index in [2.05, 4.69) is 42.5 Å². The van der Waals surface area contributed by atoms with Crippen LogP contribution in [0.3, 0.4) is 0 Å². The van der Waals surface area contributed by atoms with Crippen molar-refractivity contribution in [3.05, 3.63) is 48.5 Å². The van der Waals surface area contributed by atoms with Crippen LogP contribution in [0, 0.1) is 0 Å². The van der Waals surface area contributed by atoms with Crippen molar-refractivity contribution in [2.75, 3.05) is 0 Å². The summed E-state index contributed by atoms with van der Waals surface area (Å²) in [5.74, 6) is 0. The molecule has 2 N–H and O–H groups in total. The summed E-state index contributed by atoms with van der Waals surface area (Å²) in [6.45, 7) is 0. The van der Waals surface area contributed by atoms with E-state index in [0.29, 0.717) is 0 Å². The van der Waals surface area contributed by atoms with Crippen LogP contribution in [0.25, 0.3) is 11.1 Å². The maximum absolute atomic E-state index is 8.48. The normalized spacial score (nSPS) is 8.38. The Morgan fingerprint density at radius 2 is 1.12 bits per heavy atom. The van der Waals surface area contributed by atoms with Gasteiger partial charge in [-0.1, -0.05) is 48.5 Å². The molecule has 4 nitrogen and oxygen atoms in total. The van der Waals surface area contributed by atoms with Gasteiger partial charge in [0.25, 0.3) is 0 Å². The molecule has 6 heteroatoms. The van der Waals surface area contributed by atoms with Gasteiger partial charge in [-0.25, -0.2) is 8.42 Å². The van der Waals surface area contributed by atoms with Crippen molar-refractivity contribution in [2.45, 2.75) is 0 Å². The fourth-order valence-electron chi connectivity index (χ4n) is 1.13. The van der Waals surface area contributed by atoms with E-state index in [1.54, 1.807) is 0 Å². The summed E-state index contributed by atoms with van der Waals surface area (Å²) >= 11 is 0. The molecule has 0 atom stereocenters. The van der Waals surface area contributed by atoms with Crippen LogP contribution in [0.15, 0.2) is 48.5 Å². The van der Waals surface area contributed by atoms with E-state index in [9.17, 15) is 0 Å². The Kier molecular flexibility index (Phi) is 11.0. The van der Waals surface area contributed by atoms with Gasteiger partial charge in [0, 0.05) is 0 Å². The second-order valence-electron chi connectivity index (χ2n) is 2.57. The van der Waals surface area contributed by atoms with Gasteiger partial charge < -0.3 is 10.0 Å². The average Bonchev–Trinajstić information content (AvgIpc) is 2.42. The van der Waals surface area contributed by atoms with Gasteiger partial charge in [-0.2, -0.15) is 0 Å². The van der Waals surface area contributed by atoms with Gasteiger partial charge in [-0.05, 0) is 11.1 Å². The SMILES string of the molecule is O.O=[SH](=O)[O-].[Na+].c1ccc2cccc-2cc1. The van der Waals surface area contributed by atoms with Crippen molar-refractivity contribution in [3.8, 4) is 11.1 Å². The molecule has 0 heterocycles. The number of hydrogen-bond acceptors (Lipinski definition) is 3. The number of fused-ring (bicyclic) bond motifs is 1. The molecule has 0 aromatic heterocycles. The number of hydrogen-bond donors (Lipinski definition) is 1. The Morgan fingerprint density at radius 3 is 1.50 bits per heavy atom. The van der Waals surface area contributed by atoms with Crippen molar-refractivity contribution in [2.24, 2.45) is 0 Å². The second-order valence-corrected chi connectivity index (χ2v) is 3.02. The predicted molar refractivity (Wildman–Crippen MR) is 57.8 cm³/mol. The molecular weight excluding hydrogens is 239 g/mol. The molecular formula is C10H11NaO4S. The maximum Gasteiger partial charge on any atom is 1.00 e. The summed E-state index contributed by atoms with van der Waals surface area (Å²) in [5, 5.41) is 0. The van der Waals surface area contributed by atoms with E-state index in [1.807, 2.05) is 6.07 Å². The van der Waals surface area contributed by atoms with Crippen LogP contribution in [0.5, 0.6) is 0 Å². The zero-order valence-electron chi connectivity index (χ0n) is 8.79. The van der Waals surface area contributed by atoms with E-state index in [4.69, 9.17) is 13.0 Å². The molecule has 0 radical (unpaired) electrons. The molecule has 0 saturated carbocycles.